The van der Waals surface area contributed by atoms with Gasteiger partial charge in [0, 0.05) is 61.6 Å². The topological polar surface area (TPSA) is 112 Å². The number of fused-ring (bicyclic) bond motifs is 1. The Morgan fingerprint density at radius 2 is 1.84 bits per heavy atom. The zero-order chi connectivity index (χ0) is 32.3. The Morgan fingerprint density at radius 3 is 2.53 bits per heavy atom. The fourth-order valence-corrected chi connectivity index (χ4v) is 5.92. The molecule has 45 heavy (non-hydrogen) atoms. The predicted molar refractivity (Wildman–Crippen MR) is 179 cm³/mol. The van der Waals surface area contributed by atoms with Crippen molar-refractivity contribution < 1.29 is 14.6 Å². The summed E-state index contributed by atoms with van der Waals surface area (Å²) in [5.74, 6) is 0.681. The second-order valence-electron chi connectivity index (χ2n) is 12.9. The number of nitrogens with one attached hydrogen (secondary N) is 1. The molecule has 0 radical (unpaired) electrons. The third kappa shape index (κ3) is 7.78. The molecule has 240 valence electrons. The van der Waals surface area contributed by atoms with Crippen molar-refractivity contribution in [2.45, 2.75) is 51.8 Å². The Balaban J connectivity index is 1.40. The largest absolute Gasteiger partial charge is 0.496 e. The van der Waals surface area contributed by atoms with E-state index in [1.54, 1.807) is 51.6 Å². The maximum absolute atomic E-state index is 13.7. The van der Waals surface area contributed by atoms with Crippen molar-refractivity contribution in [1.82, 2.24) is 29.3 Å². The van der Waals surface area contributed by atoms with Gasteiger partial charge in [-0.3, -0.25) is 20.1 Å². The SMILES string of the molecule is COc1ccncc1-c1cc(C(=O)Nc2nc3ccc(N4CCC(N(C)CCN(C)C)CC4)cc3n2CC(C)(C)O)cc(C)n1. The number of hydrogen-bond acceptors (Lipinski definition) is 9. The van der Waals surface area contributed by atoms with Crippen LogP contribution in [0.25, 0.3) is 22.3 Å². The fraction of sp³-hybridized carbons (Fsp3) is 0.471. The fourth-order valence-electron chi connectivity index (χ4n) is 5.92. The number of aryl methyl sites for hydroxylation is 1. The molecule has 1 amide bonds. The van der Waals surface area contributed by atoms with Crippen molar-refractivity contribution in [3.05, 3.63) is 60.0 Å². The van der Waals surface area contributed by atoms with E-state index in [1.165, 1.54) is 0 Å². The summed E-state index contributed by atoms with van der Waals surface area (Å²) in [5, 5.41) is 13.9. The van der Waals surface area contributed by atoms with Crippen molar-refractivity contribution in [3.8, 4) is 17.0 Å². The van der Waals surface area contributed by atoms with E-state index < -0.39 is 5.60 Å². The van der Waals surface area contributed by atoms with Crippen molar-refractivity contribution in [3.63, 3.8) is 0 Å². The number of aromatic nitrogens is 4. The molecule has 0 unspecified atom stereocenters. The minimum Gasteiger partial charge on any atom is -0.496 e. The van der Waals surface area contributed by atoms with Crippen molar-refractivity contribution in [1.29, 1.82) is 0 Å². The average Bonchev–Trinajstić information content (AvgIpc) is 3.33. The van der Waals surface area contributed by atoms with E-state index in [0.717, 1.165) is 55.7 Å². The first kappa shape index (κ1) is 32.3. The number of methoxy groups -OCH3 is 1. The standard InChI is InChI=1S/C34H46N8O3/c1-23-18-24(19-29(36-23)27-21-35-13-10-31(27)45-7)32(43)38-33-37-28-9-8-26(20-30(28)42(33)22-34(2,3)44)41-14-11-25(12-15-41)40(6)17-16-39(4)5/h8-10,13,18-21,25,44H,11-12,14-17,22H2,1-7H3,(H,37,38,43). The summed E-state index contributed by atoms with van der Waals surface area (Å²) < 4.78 is 7.39. The number of likely N-dealkylation sites (N-methyl/N-ethyl adjacent to an activating group) is 2. The minimum atomic E-state index is -1.03. The van der Waals surface area contributed by atoms with E-state index in [0.29, 0.717) is 40.3 Å². The van der Waals surface area contributed by atoms with Crippen LogP contribution in [0.5, 0.6) is 5.75 Å². The first-order valence-corrected chi connectivity index (χ1v) is 15.5. The van der Waals surface area contributed by atoms with E-state index in [1.807, 2.05) is 17.6 Å². The molecule has 0 aliphatic carbocycles. The monoisotopic (exact) mass is 614 g/mol. The van der Waals surface area contributed by atoms with Gasteiger partial charge < -0.3 is 29.1 Å². The molecule has 1 aromatic carbocycles. The third-order valence-corrected chi connectivity index (χ3v) is 8.35. The number of pyridine rings is 2. The van der Waals surface area contributed by atoms with Crippen LogP contribution in [0.3, 0.4) is 0 Å². The molecule has 0 bridgehead atoms. The van der Waals surface area contributed by atoms with E-state index in [4.69, 9.17) is 9.72 Å². The summed E-state index contributed by atoms with van der Waals surface area (Å²) in [5.41, 5.74) is 4.11. The lowest BCUT2D eigenvalue weighted by molar-refractivity contribution is 0.0630. The lowest BCUT2D eigenvalue weighted by atomic mass is 10.0. The van der Waals surface area contributed by atoms with Gasteiger partial charge in [0.1, 0.15) is 5.75 Å². The Bertz CT molecular complexity index is 1640. The van der Waals surface area contributed by atoms with Gasteiger partial charge in [-0.1, -0.05) is 0 Å². The zero-order valence-electron chi connectivity index (χ0n) is 27.5. The molecule has 4 aromatic rings. The first-order valence-electron chi connectivity index (χ1n) is 15.5. The number of amides is 1. The average molecular weight is 615 g/mol. The Kier molecular flexibility index (Phi) is 9.71. The summed E-state index contributed by atoms with van der Waals surface area (Å²) >= 11 is 0. The number of aliphatic hydroxyl groups is 1. The number of nitrogens with zero attached hydrogens (tertiary/aromatic N) is 7. The molecule has 2 N–H and O–H groups in total. The van der Waals surface area contributed by atoms with Gasteiger partial charge in [-0.15, -0.1) is 0 Å². The number of carbonyl (C=O) groups is 1. The summed E-state index contributed by atoms with van der Waals surface area (Å²) in [6.45, 7) is 9.67. The van der Waals surface area contributed by atoms with Gasteiger partial charge in [0.15, 0.2) is 0 Å². The van der Waals surface area contributed by atoms with Gasteiger partial charge in [0.05, 0.1) is 41.5 Å². The van der Waals surface area contributed by atoms with Crippen molar-refractivity contribution >= 4 is 28.6 Å². The van der Waals surface area contributed by atoms with Crippen LogP contribution in [-0.4, -0.2) is 106 Å². The highest BCUT2D eigenvalue weighted by Crippen LogP contribution is 2.31. The summed E-state index contributed by atoms with van der Waals surface area (Å²) in [6, 6.07) is 12.0. The highest BCUT2D eigenvalue weighted by molar-refractivity contribution is 6.05. The number of imidazole rings is 1. The van der Waals surface area contributed by atoms with E-state index >= 15 is 0 Å². The van der Waals surface area contributed by atoms with Crippen LogP contribution in [0.4, 0.5) is 11.6 Å². The van der Waals surface area contributed by atoms with E-state index in [9.17, 15) is 9.90 Å². The molecule has 4 heterocycles. The van der Waals surface area contributed by atoms with Gasteiger partial charge in [-0.25, -0.2) is 4.98 Å². The number of ether oxygens (including phenoxy) is 1. The molecule has 3 aromatic heterocycles. The molecule has 11 heteroatoms. The predicted octanol–water partition coefficient (Wildman–Crippen LogP) is 4.30. The molecule has 1 saturated heterocycles. The van der Waals surface area contributed by atoms with Crippen LogP contribution >= 0.6 is 0 Å². The summed E-state index contributed by atoms with van der Waals surface area (Å²) in [4.78, 5) is 34.4. The number of piperidine rings is 1. The minimum absolute atomic E-state index is 0.259. The van der Waals surface area contributed by atoms with Gasteiger partial charge >= 0.3 is 0 Å². The maximum Gasteiger partial charge on any atom is 0.258 e. The molecule has 1 fully saturated rings. The Labute approximate surface area is 265 Å². The van der Waals surface area contributed by atoms with Gasteiger partial charge in [-0.2, -0.15) is 0 Å². The van der Waals surface area contributed by atoms with Gasteiger partial charge in [-0.05, 0) is 91.2 Å². The molecular formula is C34H46N8O3. The van der Waals surface area contributed by atoms with Crippen LogP contribution in [0, 0.1) is 6.92 Å². The Hall–Kier alpha value is -4.06. The highest BCUT2D eigenvalue weighted by Gasteiger charge is 2.25. The molecule has 0 atom stereocenters. The van der Waals surface area contributed by atoms with E-state index in [-0.39, 0.29) is 12.5 Å². The number of carbonyl (C=O) groups excluding carboxylic acids is 1. The molecule has 1 aliphatic heterocycles. The first-order chi connectivity index (χ1) is 21.4. The van der Waals surface area contributed by atoms with Gasteiger partial charge in [0.25, 0.3) is 5.91 Å². The summed E-state index contributed by atoms with van der Waals surface area (Å²) in [7, 11) is 8.05. The molecule has 0 spiro atoms. The molecule has 1 aliphatic rings. The van der Waals surface area contributed by atoms with Crippen LogP contribution < -0.4 is 15.0 Å². The van der Waals surface area contributed by atoms with Crippen LogP contribution in [0.1, 0.15) is 42.7 Å². The number of benzene rings is 1. The molecule has 5 rings (SSSR count). The molecule has 11 nitrogen and oxygen atoms in total. The van der Waals surface area contributed by atoms with E-state index in [2.05, 4.69) is 63.3 Å². The second-order valence-corrected chi connectivity index (χ2v) is 12.9. The van der Waals surface area contributed by atoms with Crippen molar-refractivity contribution in [2.75, 3.05) is 64.6 Å². The normalized spacial score (nSPS) is 14.5. The lowest BCUT2D eigenvalue weighted by Crippen LogP contribution is -2.45. The zero-order valence-corrected chi connectivity index (χ0v) is 27.5. The van der Waals surface area contributed by atoms with Crippen molar-refractivity contribution in [2.24, 2.45) is 0 Å². The number of anilines is 2. The van der Waals surface area contributed by atoms with Gasteiger partial charge in [0.2, 0.25) is 5.95 Å². The van der Waals surface area contributed by atoms with Crippen LogP contribution in [0.15, 0.2) is 48.8 Å². The number of rotatable bonds is 11. The second kappa shape index (κ2) is 13.5. The van der Waals surface area contributed by atoms with Crippen LogP contribution in [0.2, 0.25) is 0 Å². The van der Waals surface area contributed by atoms with Crippen LogP contribution in [-0.2, 0) is 6.54 Å². The third-order valence-electron chi connectivity index (χ3n) is 8.35. The lowest BCUT2D eigenvalue weighted by Gasteiger charge is -2.38. The molecular weight excluding hydrogens is 568 g/mol. The molecule has 0 saturated carbocycles. The number of hydrogen-bond donors (Lipinski definition) is 2. The highest BCUT2D eigenvalue weighted by atomic mass is 16.5. The smallest absolute Gasteiger partial charge is 0.258 e. The Morgan fingerprint density at radius 1 is 1.09 bits per heavy atom. The summed E-state index contributed by atoms with van der Waals surface area (Å²) in [6.07, 6.45) is 5.53. The maximum atomic E-state index is 13.7. The quantitative estimate of drug-likeness (QED) is 0.256.